The second-order valence-electron chi connectivity index (χ2n) is 3.63. The Bertz CT molecular complexity index is 436. The minimum atomic E-state index is -0.493. The van der Waals surface area contributed by atoms with Crippen molar-refractivity contribution in [1.29, 1.82) is 0 Å². The normalized spacial score (nSPS) is 9.89. The van der Waals surface area contributed by atoms with E-state index in [9.17, 15) is 14.9 Å². The van der Waals surface area contributed by atoms with Gasteiger partial charge in [0.05, 0.1) is 18.1 Å². The van der Waals surface area contributed by atoms with Gasteiger partial charge in [0, 0.05) is 18.8 Å². The summed E-state index contributed by atoms with van der Waals surface area (Å²) < 4.78 is 4.58. The molecule has 0 fully saturated rings. The Morgan fingerprint density at radius 3 is 2.89 bits per heavy atom. The second kappa shape index (κ2) is 6.53. The van der Waals surface area contributed by atoms with Crippen molar-refractivity contribution in [3.8, 4) is 0 Å². The molecular weight excluding hydrogens is 238 g/mol. The minimum Gasteiger partial charge on any atom is -0.468 e. The lowest BCUT2D eigenvalue weighted by molar-refractivity contribution is -0.384. The van der Waals surface area contributed by atoms with Crippen LogP contribution in [0.4, 0.5) is 11.5 Å². The molecule has 0 bridgehead atoms. The predicted molar refractivity (Wildman–Crippen MR) is 65.4 cm³/mol. The topological polar surface area (TPSA) is 85.6 Å². The van der Waals surface area contributed by atoms with E-state index in [1.807, 2.05) is 6.92 Å². The molecule has 1 rings (SSSR count). The molecule has 0 N–H and O–H groups in total. The van der Waals surface area contributed by atoms with Crippen molar-refractivity contribution in [2.24, 2.45) is 0 Å². The van der Waals surface area contributed by atoms with E-state index in [1.54, 1.807) is 4.90 Å². The number of aromatic nitrogens is 1. The summed E-state index contributed by atoms with van der Waals surface area (Å²) in [5, 5.41) is 10.7. The number of ether oxygens (including phenoxy) is 1. The average Bonchev–Trinajstić information content (AvgIpc) is 2.38. The highest BCUT2D eigenvalue weighted by Crippen LogP contribution is 2.18. The van der Waals surface area contributed by atoms with Gasteiger partial charge < -0.3 is 9.64 Å². The Kier molecular flexibility index (Phi) is 5.04. The van der Waals surface area contributed by atoms with Crippen LogP contribution in [-0.2, 0) is 9.53 Å². The maximum atomic E-state index is 11.3. The number of nitro groups is 1. The molecule has 18 heavy (non-hydrogen) atoms. The summed E-state index contributed by atoms with van der Waals surface area (Å²) in [5.41, 5.74) is -0.0500. The highest BCUT2D eigenvalue weighted by atomic mass is 16.6. The summed E-state index contributed by atoms with van der Waals surface area (Å²) in [6, 6.07) is 2.66. The Morgan fingerprint density at radius 1 is 1.61 bits per heavy atom. The van der Waals surface area contributed by atoms with Crippen molar-refractivity contribution >= 4 is 17.5 Å². The number of hydrogen-bond donors (Lipinski definition) is 0. The zero-order valence-electron chi connectivity index (χ0n) is 10.3. The molecule has 0 spiro atoms. The van der Waals surface area contributed by atoms with Crippen molar-refractivity contribution in [2.45, 2.75) is 13.3 Å². The molecule has 7 heteroatoms. The molecule has 0 aliphatic carbocycles. The zero-order chi connectivity index (χ0) is 13.5. The third-order valence-corrected chi connectivity index (χ3v) is 2.31. The van der Waals surface area contributed by atoms with Crippen LogP contribution in [0.2, 0.25) is 0 Å². The van der Waals surface area contributed by atoms with Crippen molar-refractivity contribution < 1.29 is 14.5 Å². The molecule has 0 atom stereocenters. The van der Waals surface area contributed by atoms with E-state index in [0.29, 0.717) is 12.4 Å². The van der Waals surface area contributed by atoms with Crippen LogP contribution in [0.5, 0.6) is 0 Å². The van der Waals surface area contributed by atoms with Crippen molar-refractivity contribution in [1.82, 2.24) is 4.98 Å². The monoisotopic (exact) mass is 253 g/mol. The first-order valence-electron chi connectivity index (χ1n) is 5.50. The number of anilines is 1. The van der Waals surface area contributed by atoms with Crippen molar-refractivity contribution in [2.75, 3.05) is 25.1 Å². The maximum absolute atomic E-state index is 11.3. The smallest absolute Gasteiger partial charge is 0.325 e. The average molecular weight is 253 g/mol. The van der Waals surface area contributed by atoms with E-state index in [-0.39, 0.29) is 12.2 Å². The zero-order valence-corrected chi connectivity index (χ0v) is 10.3. The second-order valence-corrected chi connectivity index (χ2v) is 3.63. The molecule has 0 aromatic carbocycles. The Hall–Kier alpha value is -2.18. The number of hydrogen-bond acceptors (Lipinski definition) is 6. The molecule has 1 aromatic rings. The molecule has 0 unspecified atom stereocenters. The summed E-state index contributed by atoms with van der Waals surface area (Å²) in [7, 11) is 1.30. The summed E-state index contributed by atoms with van der Waals surface area (Å²) in [6.45, 7) is 2.55. The van der Waals surface area contributed by atoms with Gasteiger partial charge in [-0.25, -0.2) is 4.98 Å². The van der Waals surface area contributed by atoms with Crippen molar-refractivity contribution in [3.63, 3.8) is 0 Å². The van der Waals surface area contributed by atoms with E-state index >= 15 is 0 Å². The third kappa shape index (κ3) is 3.69. The number of carbonyl (C=O) groups excluding carboxylic acids is 1. The Balaban J connectivity index is 2.94. The minimum absolute atomic E-state index is 0.0263. The Labute approximate surface area is 105 Å². The van der Waals surface area contributed by atoms with E-state index in [2.05, 4.69) is 9.72 Å². The predicted octanol–water partition coefficient (Wildman–Crippen LogP) is 1.38. The van der Waals surface area contributed by atoms with E-state index in [4.69, 9.17) is 0 Å². The van der Waals surface area contributed by atoms with Crippen molar-refractivity contribution in [3.05, 3.63) is 28.4 Å². The highest BCUT2D eigenvalue weighted by Gasteiger charge is 2.15. The molecule has 0 saturated heterocycles. The van der Waals surface area contributed by atoms with Gasteiger partial charge in [-0.3, -0.25) is 14.9 Å². The van der Waals surface area contributed by atoms with Crippen LogP contribution in [-0.4, -0.2) is 36.1 Å². The summed E-state index contributed by atoms with van der Waals surface area (Å²) in [5.74, 6) is -0.00629. The molecule has 7 nitrogen and oxygen atoms in total. The van der Waals surface area contributed by atoms with Gasteiger partial charge in [0.1, 0.15) is 12.4 Å². The first-order chi connectivity index (χ1) is 8.58. The van der Waals surface area contributed by atoms with E-state index in [0.717, 1.165) is 6.42 Å². The first kappa shape index (κ1) is 13.9. The quantitative estimate of drug-likeness (QED) is 0.432. The summed E-state index contributed by atoms with van der Waals surface area (Å²) in [4.78, 5) is 27.1. The number of esters is 1. The fourth-order valence-corrected chi connectivity index (χ4v) is 1.46. The number of rotatable bonds is 6. The van der Waals surface area contributed by atoms with Crippen LogP contribution in [0.25, 0.3) is 0 Å². The third-order valence-electron chi connectivity index (χ3n) is 2.31. The standard InChI is InChI=1S/C11H15N3O4/c1-3-6-13(8-11(15)18-2)10-7-9(14(16)17)4-5-12-10/h4-5,7H,3,6,8H2,1-2H3. The molecule has 1 aromatic heterocycles. The maximum Gasteiger partial charge on any atom is 0.325 e. The van der Waals surface area contributed by atoms with Crippen LogP contribution in [0.3, 0.4) is 0 Å². The lowest BCUT2D eigenvalue weighted by Crippen LogP contribution is -2.31. The fourth-order valence-electron chi connectivity index (χ4n) is 1.46. The molecular formula is C11H15N3O4. The summed E-state index contributed by atoms with van der Waals surface area (Å²) in [6.07, 6.45) is 2.15. The SMILES string of the molecule is CCCN(CC(=O)OC)c1cc([N+](=O)[O-])ccn1. The molecule has 1 heterocycles. The summed E-state index contributed by atoms with van der Waals surface area (Å²) >= 11 is 0. The first-order valence-corrected chi connectivity index (χ1v) is 5.50. The fraction of sp³-hybridized carbons (Fsp3) is 0.455. The van der Waals surface area contributed by atoms with Crippen LogP contribution in [0.15, 0.2) is 18.3 Å². The largest absolute Gasteiger partial charge is 0.468 e. The molecule has 0 saturated carbocycles. The van der Waals surface area contributed by atoms with E-state index < -0.39 is 10.9 Å². The lowest BCUT2D eigenvalue weighted by Gasteiger charge is -2.21. The Morgan fingerprint density at radius 2 is 2.33 bits per heavy atom. The lowest BCUT2D eigenvalue weighted by atomic mass is 10.3. The van der Waals surface area contributed by atoms with Crippen LogP contribution >= 0.6 is 0 Å². The van der Waals surface area contributed by atoms with Gasteiger partial charge in [-0.2, -0.15) is 0 Å². The van der Waals surface area contributed by atoms with Crippen LogP contribution < -0.4 is 4.90 Å². The molecule has 0 amide bonds. The molecule has 0 radical (unpaired) electrons. The highest BCUT2D eigenvalue weighted by molar-refractivity contribution is 5.75. The molecule has 0 aliphatic rings. The number of carbonyl (C=O) groups is 1. The van der Waals surface area contributed by atoms with E-state index in [1.165, 1.54) is 25.4 Å². The van der Waals surface area contributed by atoms with Gasteiger partial charge in [0.25, 0.3) is 5.69 Å². The van der Waals surface area contributed by atoms with Gasteiger partial charge in [0.2, 0.25) is 0 Å². The number of nitrogens with zero attached hydrogens (tertiary/aromatic N) is 3. The molecule has 0 aliphatic heterocycles. The van der Waals surface area contributed by atoms with Crippen LogP contribution in [0, 0.1) is 10.1 Å². The number of pyridine rings is 1. The van der Waals surface area contributed by atoms with Gasteiger partial charge in [-0.1, -0.05) is 6.92 Å². The van der Waals surface area contributed by atoms with Crippen LogP contribution in [0.1, 0.15) is 13.3 Å². The number of methoxy groups -OCH3 is 1. The van der Waals surface area contributed by atoms with Gasteiger partial charge in [0.15, 0.2) is 0 Å². The van der Waals surface area contributed by atoms with Gasteiger partial charge in [-0.15, -0.1) is 0 Å². The molecule has 98 valence electrons. The van der Waals surface area contributed by atoms with Gasteiger partial charge >= 0.3 is 5.97 Å². The van der Waals surface area contributed by atoms with Gasteiger partial charge in [-0.05, 0) is 6.42 Å².